The van der Waals surface area contributed by atoms with Gasteiger partial charge in [-0.05, 0) is 65.6 Å². The average molecular weight is 711 g/mol. The average Bonchev–Trinajstić information content (AvgIpc) is 3.28. The fourth-order valence-electron chi connectivity index (χ4n) is 7.12. The Hall–Kier alpha value is -2.83. The van der Waals surface area contributed by atoms with Crippen LogP contribution < -0.4 is 14.4 Å². The lowest BCUT2D eigenvalue weighted by Crippen LogP contribution is -2.60. The van der Waals surface area contributed by atoms with Gasteiger partial charge >= 0.3 is 0 Å². The Labute approximate surface area is 259 Å². The molecule has 2 saturated heterocycles. The first-order valence-electron chi connectivity index (χ1n) is 12.9. The Morgan fingerprint density at radius 3 is 2.15 bits per heavy atom. The number of rotatable bonds is 4. The van der Waals surface area contributed by atoms with Gasteiger partial charge in [0.05, 0.1) is 31.7 Å². The number of phenolic OH excluding ortho intramolecular Hbond substituents is 1. The molecule has 6 atom stereocenters. The number of carbonyl (C=O) groups excluding carboxylic acids is 4. The second-order valence-electron chi connectivity index (χ2n) is 10.8. The van der Waals surface area contributed by atoms with Crippen LogP contribution in [0.15, 0.2) is 48.0 Å². The van der Waals surface area contributed by atoms with Gasteiger partial charge in [-0.15, -0.1) is 23.2 Å². The van der Waals surface area contributed by atoms with E-state index in [9.17, 15) is 24.3 Å². The number of ether oxygens (including phenoxy) is 2. The highest BCUT2D eigenvalue weighted by Gasteiger charge is 2.76. The van der Waals surface area contributed by atoms with Gasteiger partial charge in [0.15, 0.2) is 9.75 Å². The first-order valence-corrected chi connectivity index (χ1v) is 14.7. The lowest BCUT2D eigenvalue weighted by molar-refractivity contribution is -0.138. The summed E-state index contributed by atoms with van der Waals surface area (Å²) in [6.07, 6.45) is 1.93. The number of anilines is 1. The molecule has 0 spiro atoms. The highest BCUT2D eigenvalue weighted by molar-refractivity contribution is 14.1. The summed E-state index contributed by atoms with van der Waals surface area (Å²) in [5, 5.41) is 10.3. The molecule has 12 heteroatoms. The summed E-state index contributed by atoms with van der Waals surface area (Å²) in [6.45, 7) is 0. The van der Waals surface area contributed by atoms with Crippen molar-refractivity contribution in [2.75, 3.05) is 26.2 Å². The van der Waals surface area contributed by atoms with E-state index < -0.39 is 51.1 Å². The predicted octanol–water partition coefficient (Wildman–Crippen LogP) is 4.21. The van der Waals surface area contributed by atoms with Crippen molar-refractivity contribution in [3.8, 4) is 17.2 Å². The maximum atomic E-state index is 14.1. The van der Waals surface area contributed by atoms with Crippen LogP contribution in [-0.4, -0.2) is 64.7 Å². The summed E-state index contributed by atoms with van der Waals surface area (Å²) in [6, 6.07) is 9.79. The van der Waals surface area contributed by atoms with Crippen molar-refractivity contribution in [1.29, 1.82) is 0 Å². The molecule has 41 heavy (non-hydrogen) atoms. The van der Waals surface area contributed by atoms with Gasteiger partial charge in [-0.25, -0.2) is 0 Å². The molecule has 9 nitrogen and oxygen atoms in total. The van der Waals surface area contributed by atoms with E-state index in [1.54, 1.807) is 12.1 Å². The second-order valence-corrected chi connectivity index (χ2v) is 13.2. The number of carbonyl (C=O) groups is 4. The Morgan fingerprint density at radius 1 is 0.951 bits per heavy atom. The number of nitrogens with zero attached hydrogens (tertiary/aromatic N) is 2. The van der Waals surface area contributed by atoms with E-state index in [1.165, 1.54) is 38.3 Å². The number of methoxy groups -OCH3 is 2. The minimum absolute atomic E-state index is 0.126. The summed E-state index contributed by atoms with van der Waals surface area (Å²) in [4.78, 5) is 53.4. The lowest BCUT2D eigenvalue weighted by atomic mass is 9.56. The minimum Gasteiger partial charge on any atom is -0.508 e. The molecular weight excluding hydrogens is 686 g/mol. The zero-order chi connectivity index (χ0) is 29.6. The van der Waals surface area contributed by atoms with Crippen LogP contribution >= 0.6 is 45.8 Å². The van der Waals surface area contributed by atoms with E-state index in [1.807, 2.05) is 18.2 Å². The van der Waals surface area contributed by atoms with Crippen molar-refractivity contribution in [2.45, 2.75) is 28.5 Å². The van der Waals surface area contributed by atoms with Crippen molar-refractivity contribution in [3.63, 3.8) is 0 Å². The molecule has 214 valence electrons. The third kappa shape index (κ3) is 3.65. The SMILES string of the molecule is COc1cc(O)cc(OC)c1C1C2=CCC3C(=O)N(c4ccc(I)cc4)C(=O)C3C2CC2(Cl)C(=O)N(C)C(=O)C12Cl. The Bertz CT molecular complexity index is 1540. The lowest BCUT2D eigenvalue weighted by Gasteiger charge is -2.51. The maximum Gasteiger partial charge on any atom is 0.253 e. The molecular formula is C29H25Cl2IN2O7. The van der Waals surface area contributed by atoms with Gasteiger partial charge in [0.2, 0.25) is 11.8 Å². The molecule has 4 amide bonds. The van der Waals surface area contributed by atoms with Crippen molar-refractivity contribution in [2.24, 2.45) is 17.8 Å². The molecule has 2 aliphatic heterocycles. The van der Waals surface area contributed by atoms with Crippen molar-refractivity contribution in [3.05, 3.63) is 57.2 Å². The van der Waals surface area contributed by atoms with Gasteiger partial charge in [0, 0.05) is 34.2 Å². The quantitative estimate of drug-likeness (QED) is 0.219. The highest BCUT2D eigenvalue weighted by atomic mass is 127. The van der Waals surface area contributed by atoms with E-state index in [2.05, 4.69) is 22.6 Å². The van der Waals surface area contributed by atoms with Crippen molar-refractivity contribution in [1.82, 2.24) is 4.90 Å². The summed E-state index contributed by atoms with van der Waals surface area (Å²) in [7, 11) is 4.11. The number of amides is 4. The molecule has 6 rings (SSSR count). The van der Waals surface area contributed by atoms with Crippen LogP contribution in [0.4, 0.5) is 5.69 Å². The summed E-state index contributed by atoms with van der Waals surface area (Å²) in [5.41, 5.74) is 1.37. The molecule has 1 saturated carbocycles. The van der Waals surface area contributed by atoms with Crippen LogP contribution in [0.25, 0.3) is 0 Å². The molecule has 3 fully saturated rings. The molecule has 2 aromatic rings. The topological polar surface area (TPSA) is 113 Å². The first kappa shape index (κ1) is 28.3. The smallest absolute Gasteiger partial charge is 0.253 e. The zero-order valence-corrected chi connectivity index (χ0v) is 25.9. The first-order chi connectivity index (χ1) is 19.4. The summed E-state index contributed by atoms with van der Waals surface area (Å²) in [5.74, 6) is -5.20. The zero-order valence-electron chi connectivity index (χ0n) is 22.2. The summed E-state index contributed by atoms with van der Waals surface area (Å²) < 4.78 is 12.2. The number of benzene rings is 2. The third-order valence-corrected chi connectivity index (χ3v) is 11.0. The van der Waals surface area contributed by atoms with Gasteiger partial charge in [0.1, 0.15) is 17.2 Å². The fourth-order valence-corrected chi connectivity index (χ4v) is 8.48. The van der Waals surface area contributed by atoms with Crippen LogP contribution in [-0.2, 0) is 19.2 Å². The van der Waals surface area contributed by atoms with E-state index in [0.29, 0.717) is 16.8 Å². The van der Waals surface area contributed by atoms with Gasteiger partial charge in [0.25, 0.3) is 11.8 Å². The molecule has 4 aliphatic rings. The Balaban J connectivity index is 1.57. The van der Waals surface area contributed by atoms with Gasteiger partial charge in [-0.3, -0.25) is 29.0 Å². The molecule has 0 radical (unpaired) electrons. The molecule has 2 heterocycles. The number of phenols is 1. The van der Waals surface area contributed by atoms with Crippen LogP contribution in [0, 0.1) is 21.3 Å². The monoisotopic (exact) mass is 710 g/mol. The number of hydrogen-bond acceptors (Lipinski definition) is 7. The molecule has 1 N–H and O–H groups in total. The third-order valence-electron chi connectivity index (χ3n) is 8.92. The number of halogens is 3. The number of aromatic hydroxyl groups is 1. The highest BCUT2D eigenvalue weighted by Crippen LogP contribution is 2.67. The van der Waals surface area contributed by atoms with E-state index in [4.69, 9.17) is 32.7 Å². The summed E-state index contributed by atoms with van der Waals surface area (Å²) >= 11 is 16.6. The largest absolute Gasteiger partial charge is 0.508 e. The molecule has 2 aromatic carbocycles. The number of likely N-dealkylation sites (tertiary alicyclic amines) is 1. The molecule has 0 aromatic heterocycles. The van der Waals surface area contributed by atoms with Crippen LogP contribution in [0.2, 0.25) is 0 Å². The molecule has 0 bridgehead atoms. The minimum atomic E-state index is -2.01. The van der Waals surface area contributed by atoms with E-state index in [0.717, 1.165) is 8.47 Å². The Morgan fingerprint density at radius 2 is 1.56 bits per heavy atom. The number of imide groups is 2. The molecule has 2 aliphatic carbocycles. The van der Waals surface area contributed by atoms with Crippen LogP contribution in [0.5, 0.6) is 17.2 Å². The van der Waals surface area contributed by atoms with Crippen molar-refractivity contribution < 1.29 is 33.8 Å². The molecule has 6 unspecified atom stereocenters. The van der Waals surface area contributed by atoms with Crippen molar-refractivity contribution >= 4 is 75.1 Å². The van der Waals surface area contributed by atoms with Crippen LogP contribution in [0.1, 0.15) is 24.3 Å². The van der Waals surface area contributed by atoms with E-state index in [-0.39, 0.29) is 36.0 Å². The number of allylic oxidation sites excluding steroid dienone is 2. The number of fused-ring (bicyclic) bond motifs is 4. The van der Waals surface area contributed by atoms with Gasteiger partial charge in [-0.1, -0.05) is 11.6 Å². The van der Waals surface area contributed by atoms with Gasteiger partial charge < -0.3 is 14.6 Å². The predicted molar refractivity (Wildman–Crippen MR) is 158 cm³/mol. The normalized spacial score (nSPS) is 32.5. The fraction of sp³-hybridized carbons (Fsp3) is 0.379. The Kier molecular flexibility index (Phi) is 6.63. The standard InChI is InChI=1S/C29H25Cl2IN2O7/c1-33-26(38)28(30)12-18-16(8-9-17-21(18)25(37)34(24(17)36)14-6-4-13(32)5-7-14)23(29(28,31)27(33)39)22-19(40-2)10-15(35)11-20(22)41-3/h4-8,10-11,17-18,21,23,35H,9,12H2,1-3H3. The van der Waals surface area contributed by atoms with E-state index >= 15 is 0 Å². The van der Waals surface area contributed by atoms with Crippen LogP contribution in [0.3, 0.4) is 0 Å². The number of alkyl halides is 2. The van der Waals surface area contributed by atoms with Gasteiger partial charge in [-0.2, -0.15) is 0 Å². The number of hydrogen-bond donors (Lipinski definition) is 1. The second kappa shape index (κ2) is 9.60. The maximum absolute atomic E-state index is 14.1.